The van der Waals surface area contributed by atoms with Crippen LogP contribution in [0.15, 0.2) is 24.4 Å². The van der Waals surface area contributed by atoms with Gasteiger partial charge in [-0.2, -0.15) is 4.37 Å². The standard InChI is InChI=1S/C14H20N2O3S/c1-2-4-14(18)15-7-10(17)9-19-12-5-3-6-13-11(12)8-16-20-13/h3,5-6,8,10,14-15,17-18H,2,4,7,9H2,1H3. The molecule has 20 heavy (non-hydrogen) atoms. The first kappa shape index (κ1) is 15.2. The van der Waals surface area contributed by atoms with Gasteiger partial charge in [0.05, 0.1) is 16.3 Å². The SMILES string of the molecule is CCCC(O)NCC(O)COc1cccc2sncc12. The predicted molar refractivity (Wildman–Crippen MR) is 80.0 cm³/mol. The van der Waals surface area contributed by atoms with E-state index >= 15 is 0 Å². The van der Waals surface area contributed by atoms with Gasteiger partial charge in [0.1, 0.15) is 24.7 Å². The summed E-state index contributed by atoms with van der Waals surface area (Å²) in [5.74, 6) is 0.726. The summed E-state index contributed by atoms with van der Waals surface area (Å²) in [6, 6.07) is 5.76. The summed E-state index contributed by atoms with van der Waals surface area (Å²) in [6.45, 7) is 2.49. The molecule has 110 valence electrons. The molecule has 2 rings (SSSR count). The highest BCUT2D eigenvalue weighted by Crippen LogP contribution is 2.27. The summed E-state index contributed by atoms with van der Waals surface area (Å²) in [5.41, 5.74) is 0. The zero-order valence-corrected chi connectivity index (χ0v) is 12.3. The van der Waals surface area contributed by atoms with Crippen molar-refractivity contribution in [3.8, 4) is 5.75 Å². The molecule has 1 aromatic carbocycles. The zero-order valence-electron chi connectivity index (χ0n) is 11.5. The predicted octanol–water partition coefficient (Wildman–Crippen LogP) is 1.74. The fourth-order valence-corrected chi connectivity index (χ4v) is 2.55. The van der Waals surface area contributed by atoms with Gasteiger partial charge in [-0.1, -0.05) is 19.4 Å². The first-order chi connectivity index (χ1) is 9.70. The summed E-state index contributed by atoms with van der Waals surface area (Å²) >= 11 is 1.42. The zero-order chi connectivity index (χ0) is 14.4. The topological polar surface area (TPSA) is 74.6 Å². The van der Waals surface area contributed by atoms with Gasteiger partial charge in [-0.3, -0.25) is 5.32 Å². The van der Waals surface area contributed by atoms with E-state index in [1.165, 1.54) is 11.5 Å². The number of fused-ring (bicyclic) bond motifs is 1. The minimum Gasteiger partial charge on any atom is -0.490 e. The molecule has 0 saturated heterocycles. The highest BCUT2D eigenvalue weighted by molar-refractivity contribution is 7.13. The Labute approximate surface area is 122 Å². The second kappa shape index (κ2) is 7.54. The maximum atomic E-state index is 9.84. The van der Waals surface area contributed by atoms with Crippen LogP contribution >= 0.6 is 11.5 Å². The monoisotopic (exact) mass is 296 g/mol. The summed E-state index contributed by atoms with van der Waals surface area (Å²) in [5, 5.41) is 23.2. The minimum absolute atomic E-state index is 0.181. The Bertz CT molecular complexity index is 532. The van der Waals surface area contributed by atoms with Gasteiger partial charge in [0, 0.05) is 6.54 Å². The van der Waals surface area contributed by atoms with Crippen molar-refractivity contribution in [1.29, 1.82) is 0 Å². The van der Waals surface area contributed by atoms with Crippen LogP contribution in [0.1, 0.15) is 19.8 Å². The number of nitrogens with one attached hydrogen (secondary N) is 1. The summed E-state index contributed by atoms with van der Waals surface area (Å²) < 4.78 is 10.8. The Morgan fingerprint density at radius 2 is 2.25 bits per heavy atom. The van der Waals surface area contributed by atoms with E-state index in [0.29, 0.717) is 13.0 Å². The van der Waals surface area contributed by atoms with Crippen molar-refractivity contribution in [1.82, 2.24) is 9.69 Å². The van der Waals surface area contributed by atoms with E-state index in [2.05, 4.69) is 9.69 Å². The summed E-state index contributed by atoms with van der Waals surface area (Å²) in [4.78, 5) is 0. The highest BCUT2D eigenvalue weighted by Gasteiger charge is 2.10. The number of aliphatic hydroxyl groups is 2. The van der Waals surface area contributed by atoms with E-state index in [-0.39, 0.29) is 6.61 Å². The van der Waals surface area contributed by atoms with Crippen molar-refractivity contribution >= 4 is 21.6 Å². The number of ether oxygens (including phenoxy) is 1. The van der Waals surface area contributed by atoms with Gasteiger partial charge in [-0.05, 0) is 30.1 Å². The molecular formula is C14H20N2O3S. The number of nitrogens with zero attached hydrogens (tertiary/aromatic N) is 1. The number of aliphatic hydroxyl groups excluding tert-OH is 2. The molecule has 2 unspecified atom stereocenters. The molecule has 0 radical (unpaired) electrons. The first-order valence-electron chi connectivity index (χ1n) is 6.76. The molecule has 0 aliphatic rings. The third-order valence-corrected chi connectivity index (χ3v) is 3.70. The number of benzene rings is 1. The van der Waals surface area contributed by atoms with Crippen molar-refractivity contribution in [2.75, 3.05) is 13.2 Å². The van der Waals surface area contributed by atoms with Crippen LogP contribution in [0.25, 0.3) is 10.1 Å². The third kappa shape index (κ3) is 4.14. The molecular weight excluding hydrogens is 276 g/mol. The molecule has 0 amide bonds. The van der Waals surface area contributed by atoms with Gasteiger partial charge < -0.3 is 14.9 Å². The lowest BCUT2D eigenvalue weighted by Gasteiger charge is -2.16. The maximum absolute atomic E-state index is 9.84. The van der Waals surface area contributed by atoms with Crippen LogP contribution in [-0.4, -0.2) is 40.1 Å². The molecule has 0 aliphatic heterocycles. The second-order valence-electron chi connectivity index (χ2n) is 4.67. The van der Waals surface area contributed by atoms with Crippen molar-refractivity contribution in [3.05, 3.63) is 24.4 Å². The number of aromatic nitrogens is 1. The molecule has 0 saturated carbocycles. The van der Waals surface area contributed by atoms with E-state index < -0.39 is 12.3 Å². The smallest absolute Gasteiger partial charge is 0.129 e. The quantitative estimate of drug-likeness (QED) is 0.647. The first-order valence-corrected chi connectivity index (χ1v) is 7.53. The number of hydrogen-bond acceptors (Lipinski definition) is 6. The van der Waals surface area contributed by atoms with Gasteiger partial charge in [0.15, 0.2) is 0 Å². The molecule has 0 bridgehead atoms. The fraction of sp³-hybridized carbons (Fsp3) is 0.500. The lowest BCUT2D eigenvalue weighted by Crippen LogP contribution is -2.37. The van der Waals surface area contributed by atoms with E-state index in [1.807, 2.05) is 25.1 Å². The lowest BCUT2D eigenvalue weighted by atomic mass is 10.2. The van der Waals surface area contributed by atoms with Gasteiger partial charge >= 0.3 is 0 Å². The Hall–Kier alpha value is -1.21. The van der Waals surface area contributed by atoms with Crippen LogP contribution in [0, 0.1) is 0 Å². The Kier molecular flexibility index (Phi) is 5.72. The molecule has 6 heteroatoms. The van der Waals surface area contributed by atoms with Crippen LogP contribution in [0.3, 0.4) is 0 Å². The van der Waals surface area contributed by atoms with Crippen LogP contribution < -0.4 is 10.1 Å². The van der Waals surface area contributed by atoms with Crippen LogP contribution in [0.5, 0.6) is 5.75 Å². The lowest BCUT2D eigenvalue weighted by molar-refractivity contribution is 0.0711. The average Bonchev–Trinajstić information content (AvgIpc) is 2.92. The average molecular weight is 296 g/mol. The van der Waals surface area contributed by atoms with Gasteiger partial charge in [0.2, 0.25) is 0 Å². The number of rotatable bonds is 8. The van der Waals surface area contributed by atoms with Crippen molar-refractivity contribution in [3.63, 3.8) is 0 Å². The molecule has 2 atom stereocenters. The second-order valence-corrected chi connectivity index (χ2v) is 5.50. The van der Waals surface area contributed by atoms with Crippen molar-refractivity contribution < 1.29 is 14.9 Å². The van der Waals surface area contributed by atoms with E-state index in [9.17, 15) is 10.2 Å². The van der Waals surface area contributed by atoms with Crippen molar-refractivity contribution in [2.24, 2.45) is 0 Å². The Morgan fingerprint density at radius 3 is 3.05 bits per heavy atom. The fourth-order valence-electron chi connectivity index (χ4n) is 1.88. The minimum atomic E-state index is -0.664. The normalized spacial score (nSPS) is 14.3. The van der Waals surface area contributed by atoms with Gasteiger partial charge in [-0.25, -0.2) is 0 Å². The summed E-state index contributed by atoms with van der Waals surface area (Å²) in [7, 11) is 0. The molecule has 2 aromatic rings. The highest BCUT2D eigenvalue weighted by atomic mass is 32.1. The van der Waals surface area contributed by atoms with E-state index in [0.717, 1.165) is 22.3 Å². The molecule has 0 fully saturated rings. The third-order valence-electron chi connectivity index (χ3n) is 2.94. The van der Waals surface area contributed by atoms with E-state index in [4.69, 9.17) is 4.74 Å². The van der Waals surface area contributed by atoms with Crippen LogP contribution in [0.4, 0.5) is 0 Å². The number of hydrogen-bond donors (Lipinski definition) is 3. The van der Waals surface area contributed by atoms with Crippen LogP contribution in [0.2, 0.25) is 0 Å². The molecule has 1 aromatic heterocycles. The summed E-state index contributed by atoms with van der Waals surface area (Å²) in [6.07, 6.45) is 2.11. The largest absolute Gasteiger partial charge is 0.490 e. The Morgan fingerprint density at radius 1 is 1.40 bits per heavy atom. The van der Waals surface area contributed by atoms with Gasteiger partial charge in [0.25, 0.3) is 0 Å². The van der Waals surface area contributed by atoms with Gasteiger partial charge in [-0.15, -0.1) is 0 Å². The van der Waals surface area contributed by atoms with Crippen LogP contribution in [-0.2, 0) is 0 Å². The molecule has 3 N–H and O–H groups in total. The van der Waals surface area contributed by atoms with E-state index in [1.54, 1.807) is 6.20 Å². The molecule has 0 aliphatic carbocycles. The van der Waals surface area contributed by atoms with Crippen molar-refractivity contribution in [2.45, 2.75) is 32.1 Å². The Balaban J connectivity index is 1.81. The molecule has 0 spiro atoms. The molecule has 1 heterocycles. The maximum Gasteiger partial charge on any atom is 0.129 e. The molecule has 5 nitrogen and oxygen atoms in total.